The van der Waals surface area contributed by atoms with E-state index >= 15 is 0 Å². The van der Waals surface area contributed by atoms with E-state index < -0.39 is 23.7 Å². The molecular formula is C26H23NO6. The molecule has 1 N–H and O–H groups in total. The molecule has 3 aromatic rings. The maximum Gasteiger partial charge on any atom is 0.337 e. The van der Waals surface area contributed by atoms with Gasteiger partial charge in [-0.15, -0.1) is 0 Å². The van der Waals surface area contributed by atoms with E-state index in [1.54, 1.807) is 42.5 Å². The third-order valence-corrected chi connectivity index (χ3v) is 5.74. The van der Waals surface area contributed by atoms with Crippen LogP contribution in [0, 0.1) is 13.8 Å². The summed E-state index contributed by atoms with van der Waals surface area (Å²) in [5.74, 6) is -1.75. The van der Waals surface area contributed by atoms with Gasteiger partial charge in [0.15, 0.2) is 0 Å². The number of methoxy groups -OCH3 is 1. The van der Waals surface area contributed by atoms with Crippen LogP contribution in [0.1, 0.15) is 44.4 Å². The molecule has 1 aliphatic heterocycles. The van der Waals surface area contributed by atoms with E-state index in [0.717, 1.165) is 11.1 Å². The second-order valence-corrected chi connectivity index (χ2v) is 7.94. The number of aryl methyl sites for hydroxylation is 2. The first-order valence-electron chi connectivity index (χ1n) is 10.4. The zero-order chi connectivity index (χ0) is 23.7. The van der Waals surface area contributed by atoms with Gasteiger partial charge in [-0.3, -0.25) is 9.59 Å². The van der Waals surface area contributed by atoms with Crippen LogP contribution in [0.15, 0.2) is 70.9 Å². The topological polar surface area (TPSA) is 97.0 Å². The lowest BCUT2D eigenvalue weighted by Crippen LogP contribution is -2.29. The number of aliphatic hydroxyl groups excluding tert-OH is 1. The van der Waals surface area contributed by atoms with Gasteiger partial charge in [0.2, 0.25) is 0 Å². The molecule has 0 radical (unpaired) electrons. The number of benzene rings is 2. The fraction of sp³-hybridized carbons (Fsp3) is 0.192. The summed E-state index contributed by atoms with van der Waals surface area (Å²) in [6.07, 6.45) is 1.49. The van der Waals surface area contributed by atoms with Crippen molar-refractivity contribution in [2.24, 2.45) is 0 Å². The molecule has 1 saturated heterocycles. The van der Waals surface area contributed by atoms with Crippen LogP contribution in [0.2, 0.25) is 0 Å². The number of esters is 1. The van der Waals surface area contributed by atoms with Gasteiger partial charge in [-0.1, -0.05) is 29.8 Å². The summed E-state index contributed by atoms with van der Waals surface area (Å²) in [7, 11) is 1.29. The maximum atomic E-state index is 13.1. The van der Waals surface area contributed by atoms with Crippen molar-refractivity contribution in [2.45, 2.75) is 26.4 Å². The number of furan rings is 1. The number of Topliss-reactive ketones (excluding diaryl/α,β-unsaturated/α-hetero) is 1. The number of hydrogen-bond donors (Lipinski definition) is 1. The Hall–Kier alpha value is -4.13. The number of nitrogens with zero attached hydrogens (tertiary/aromatic N) is 1. The minimum absolute atomic E-state index is 0.00826. The van der Waals surface area contributed by atoms with Crippen molar-refractivity contribution in [1.82, 2.24) is 4.90 Å². The average Bonchev–Trinajstić information content (AvgIpc) is 3.42. The summed E-state index contributed by atoms with van der Waals surface area (Å²) in [5, 5.41) is 11.3. The minimum atomic E-state index is -0.860. The van der Waals surface area contributed by atoms with Crippen molar-refractivity contribution >= 4 is 23.4 Å². The summed E-state index contributed by atoms with van der Waals surface area (Å²) in [4.78, 5) is 39.4. The maximum absolute atomic E-state index is 13.1. The molecule has 1 aliphatic rings. The van der Waals surface area contributed by atoms with E-state index in [-0.39, 0.29) is 17.9 Å². The number of ketones is 1. The predicted octanol–water partition coefficient (Wildman–Crippen LogP) is 4.30. The van der Waals surface area contributed by atoms with Gasteiger partial charge in [-0.05, 0) is 55.3 Å². The van der Waals surface area contributed by atoms with Crippen LogP contribution in [-0.2, 0) is 20.9 Å². The van der Waals surface area contributed by atoms with Crippen molar-refractivity contribution in [3.8, 4) is 0 Å². The van der Waals surface area contributed by atoms with Gasteiger partial charge in [0, 0.05) is 5.56 Å². The number of hydrogen-bond acceptors (Lipinski definition) is 6. The average molecular weight is 445 g/mol. The normalized spacial score (nSPS) is 17.4. The lowest BCUT2D eigenvalue weighted by molar-refractivity contribution is -0.140. The largest absolute Gasteiger partial charge is 0.507 e. The number of rotatable bonds is 5. The molecule has 7 nitrogen and oxygen atoms in total. The fourth-order valence-corrected chi connectivity index (χ4v) is 4.02. The van der Waals surface area contributed by atoms with Gasteiger partial charge in [0.05, 0.1) is 37.1 Å². The van der Waals surface area contributed by atoms with Crippen molar-refractivity contribution in [3.05, 3.63) is 100 Å². The lowest BCUT2D eigenvalue weighted by atomic mass is 9.93. The first kappa shape index (κ1) is 22.1. The number of carbonyl (C=O) groups excluding carboxylic acids is 3. The molecule has 168 valence electrons. The molecule has 0 saturated carbocycles. The molecule has 7 heteroatoms. The monoisotopic (exact) mass is 445 g/mol. The van der Waals surface area contributed by atoms with E-state index in [4.69, 9.17) is 9.15 Å². The molecule has 0 bridgehead atoms. The smallest absolute Gasteiger partial charge is 0.337 e. The highest BCUT2D eigenvalue weighted by atomic mass is 16.5. The molecule has 2 heterocycles. The van der Waals surface area contributed by atoms with Gasteiger partial charge in [-0.2, -0.15) is 0 Å². The summed E-state index contributed by atoms with van der Waals surface area (Å²) >= 11 is 0. The van der Waals surface area contributed by atoms with Gasteiger partial charge < -0.3 is 19.2 Å². The molecule has 33 heavy (non-hydrogen) atoms. The van der Waals surface area contributed by atoms with Crippen LogP contribution in [0.4, 0.5) is 0 Å². The number of likely N-dealkylation sites (tertiary alicyclic amines) is 1. The molecule has 1 amide bonds. The Morgan fingerprint density at radius 3 is 2.45 bits per heavy atom. The standard InChI is InChI=1S/C26H23NO6/c1-15-6-7-16(2)20(13-15)23(28)21-22(17-8-10-18(11-9-17)26(31)32-3)27(25(30)24(21)29)14-19-5-4-12-33-19/h4-13,22,28H,14H2,1-3H3/b23-21+. The van der Waals surface area contributed by atoms with E-state index in [1.807, 2.05) is 26.0 Å². The summed E-state index contributed by atoms with van der Waals surface area (Å²) in [5.41, 5.74) is 3.06. The lowest BCUT2D eigenvalue weighted by Gasteiger charge is -2.24. The van der Waals surface area contributed by atoms with E-state index in [9.17, 15) is 19.5 Å². The first-order valence-corrected chi connectivity index (χ1v) is 10.4. The number of carbonyl (C=O) groups is 3. The highest BCUT2D eigenvalue weighted by molar-refractivity contribution is 6.46. The van der Waals surface area contributed by atoms with Gasteiger partial charge in [0.1, 0.15) is 11.5 Å². The molecule has 1 aromatic heterocycles. The highest BCUT2D eigenvalue weighted by Gasteiger charge is 2.46. The Bertz CT molecular complexity index is 1250. The summed E-state index contributed by atoms with van der Waals surface area (Å²) in [6.45, 7) is 3.76. The molecular weight excluding hydrogens is 422 g/mol. The number of aliphatic hydroxyl groups is 1. The van der Waals surface area contributed by atoms with Gasteiger partial charge in [-0.25, -0.2) is 4.79 Å². The molecule has 2 aromatic carbocycles. The Labute approximate surface area is 190 Å². The van der Waals surface area contributed by atoms with Crippen molar-refractivity contribution in [3.63, 3.8) is 0 Å². The first-order chi connectivity index (χ1) is 15.8. The summed E-state index contributed by atoms with van der Waals surface area (Å²) in [6, 6.07) is 14.5. The molecule has 0 spiro atoms. The van der Waals surface area contributed by atoms with E-state index in [2.05, 4.69) is 0 Å². The van der Waals surface area contributed by atoms with E-state index in [1.165, 1.54) is 18.3 Å². The summed E-state index contributed by atoms with van der Waals surface area (Å²) < 4.78 is 10.1. The fourth-order valence-electron chi connectivity index (χ4n) is 4.02. The zero-order valence-electron chi connectivity index (χ0n) is 18.5. The molecule has 0 aliphatic carbocycles. The second-order valence-electron chi connectivity index (χ2n) is 7.94. The SMILES string of the molecule is COC(=O)c1ccc(C2/C(=C(\O)c3cc(C)ccc3C)C(=O)C(=O)N2Cc2ccco2)cc1. The Morgan fingerprint density at radius 2 is 1.82 bits per heavy atom. The zero-order valence-corrected chi connectivity index (χ0v) is 18.5. The van der Waals surface area contributed by atoms with Gasteiger partial charge in [0.25, 0.3) is 11.7 Å². The third kappa shape index (κ3) is 4.05. The van der Waals surface area contributed by atoms with E-state index in [0.29, 0.717) is 22.5 Å². The second kappa shape index (κ2) is 8.78. The molecule has 1 fully saturated rings. The van der Waals surface area contributed by atoms with Crippen molar-refractivity contribution in [2.75, 3.05) is 7.11 Å². The minimum Gasteiger partial charge on any atom is -0.507 e. The third-order valence-electron chi connectivity index (χ3n) is 5.74. The Morgan fingerprint density at radius 1 is 1.09 bits per heavy atom. The van der Waals surface area contributed by atoms with Gasteiger partial charge >= 0.3 is 5.97 Å². The Balaban J connectivity index is 1.88. The van der Waals surface area contributed by atoms with Crippen LogP contribution in [-0.4, -0.2) is 34.8 Å². The van der Waals surface area contributed by atoms with Crippen LogP contribution >= 0.6 is 0 Å². The highest BCUT2D eigenvalue weighted by Crippen LogP contribution is 2.41. The van der Waals surface area contributed by atoms with Crippen LogP contribution in [0.5, 0.6) is 0 Å². The molecule has 1 atom stereocenters. The Kier molecular flexibility index (Phi) is 5.87. The molecule has 4 rings (SSSR count). The number of ether oxygens (including phenoxy) is 1. The quantitative estimate of drug-likeness (QED) is 0.272. The number of amides is 1. The van der Waals surface area contributed by atoms with Crippen LogP contribution in [0.3, 0.4) is 0 Å². The van der Waals surface area contributed by atoms with Crippen molar-refractivity contribution < 1.29 is 28.6 Å². The van der Waals surface area contributed by atoms with Crippen molar-refractivity contribution in [1.29, 1.82) is 0 Å². The predicted molar refractivity (Wildman–Crippen MR) is 120 cm³/mol. The van der Waals surface area contributed by atoms with Crippen LogP contribution in [0.25, 0.3) is 5.76 Å². The molecule has 1 unspecified atom stereocenters. The van der Waals surface area contributed by atoms with Crippen LogP contribution < -0.4 is 0 Å².